The van der Waals surface area contributed by atoms with E-state index >= 15 is 0 Å². The smallest absolute Gasteiger partial charge is 0.209 e. The molecule has 2 aromatic carbocycles. The van der Waals surface area contributed by atoms with Gasteiger partial charge in [0.1, 0.15) is 6.61 Å². The molecule has 0 saturated heterocycles. The van der Waals surface area contributed by atoms with E-state index in [1.165, 1.54) is 33.9 Å². The van der Waals surface area contributed by atoms with Crippen LogP contribution in [0.2, 0.25) is 0 Å². The second kappa shape index (κ2) is 14.6. The third-order valence-corrected chi connectivity index (χ3v) is 8.43. The molecule has 0 amide bonds. The van der Waals surface area contributed by atoms with Crippen molar-refractivity contribution in [3.63, 3.8) is 0 Å². The fourth-order valence-corrected chi connectivity index (χ4v) is 6.06. The highest BCUT2D eigenvalue weighted by atomic mass is 35.5. The summed E-state index contributed by atoms with van der Waals surface area (Å²) in [4.78, 5) is 2.35. The Kier molecular flexibility index (Phi) is 11.2. The van der Waals surface area contributed by atoms with Crippen LogP contribution in [0.3, 0.4) is 0 Å². The average Bonchev–Trinajstić information content (AvgIpc) is 3.33. The summed E-state index contributed by atoms with van der Waals surface area (Å²) in [7, 11) is 3.38. The highest BCUT2D eigenvalue weighted by Gasteiger charge is 2.44. The van der Waals surface area contributed by atoms with Crippen LogP contribution < -0.4 is 4.90 Å². The Bertz CT molecular complexity index is 1340. The third-order valence-electron chi connectivity index (χ3n) is 8.18. The van der Waals surface area contributed by atoms with Crippen molar-refractivity contribution >= 4 is 28.7 Å². The van der Waals surface area contributed by atoms with E-state index in [0.29, 0.717) is 44.7 Å². The number of allylic oxidation sites excluding steroid dienone is 6. The largest absolute Gasteiger partial charge is 0.382 e. The molecule has 0 unspecified atom stereocenters. The lowest BCUT2D eigenvalue weighted by molar-refractivity contribution is -0.442. The van der Waals surface area contributed by atoms with Gasteiger partial charge in [-0.2, -0.15) is 4.58 Å². The first-order valence-corrected chi connectivity index (χ1v) is 15.1. The zero-order valence-electron chi connectivity index (χ0n) is 26.0. The molecule has 4 rings (SSSR count). The molecule has 0 radical (unpaired) electrons. The number of rotatable bonds is 15. The number of methoxy groups -OCH3 is 2. The van der Waals surface area contributed by atoms with E-state index in [4.69, 9.17) is 30.5 Å². The molecule has 0 atom stereocenters. The Morgan fingerprint density at radius 3 is 2.17 bits per heavy atom. The number of benzene rings is 2. The van der Waals surface area contributed by atoms with Gasteiger partial charge in [0, 0.05) is 60.3 Å². The summed E-state index contributed by atoms with van der Waals surface area (Å²) in [6.07, 6.45) is 8.33. The van der Waals surface area contributed by atoms with Crippen molar-refractivity contribution < 1.29 is 23.5 Å². The molecule has 0 saturated carbocycles. The van der Waals surface area contributed by atoms with E-state index in [0.717, 1.165) is 13.1 Å². The number of nitrogens with zero attached hydrogens (tertiary/aromatic N) is 2. The van der Waals surface area contributed by atoms with Crippen molar-refractivity contribution in [2.75, 3.05) is 71.9 Å². The molecular weight excluding hydrogens is 548 g/mol. The molecule has 2 heterocycles. The van der Waals surface area contributed by atoms with Crippen LogP contribution in [-0.4, -0.2) is 77.2 Å². The lowest BCUT2D eigenvalue weighted by atomic mass is 9.81. The van der Waals surface area contributed by atoms with Gasteiger partial charge in [-0.05, 0) is 43.7 Å². The predicted molar refractivity (Wildman–Crippen MR) is 173 cm³/mol. The SMILES string of the molecule is COCCOCCN1C(=CC=C(Cl)C=CC2=[N+](CCOCCOC)c3ccccc3C2(C)C)C(C)(C)c2ccccc21. The maximum Gasteiger partial charge on any atom is 0.209 e. The van der Waals surface area contributed by atoms with Gasteiger partial charge in [0.2, 0.25) is 5.69 Å². The molecule has 0 bridgehead atoms. The number of halogens is 1. The van der Waals surface area contributed by atoms with Gasteiger partial charge in [0.15, 0.2) is 12.3 Å². The number of hydrogen-bond acceptors (Lipinski definition) is 5. The Hall–Kier alpha value is -2.74. The molecule has 0 aromatic heterocycles. The number of ether oxygens (including phenoxy) is 4. The predicted octanol–water partition coefficient (Wildman–Crippen LogP) is 6.75. The molecule has 0 fully saturated rings. The zero-order chi connectivity index (χ0) is 30.2. The van der Waals surface area contributed by atoms with Gasteiger partial charge in [0.25, 0.3) is 0 Å². The molecule has 6 nitrogen and oxygen atoms in total. The van der Waals surface area contributed by atoms with E-state index in [1.807, 2.05) is 12.2 Å². The van der Waals surface area contributed by atoms with Gasteiger partial charge in [-0.3, -0.25) is 0 Å². The minimum atomic E-state index is -0.163. The molecule has 42 heavy (non-hydrogen) atoms. The van der Waals surface area contributed by atoms with E-state index in [1.54, 1.807) is 14.2 Å². The number of hydrogen-bond donors (Lipinski definition) is 0. The maximum absolute atomic E-state index is 6.87. The highest BCUT2D eigenvalue weighted by molar-refractivity contribution is 6.31. The fourth-order valence-electron chi connectivity index (χ4n) is 5.94. The van der Waals surface area contributed by atoms with Gasteiger partial charge in [-0.1, -0.05) is 61.8 Å². The summed E-state index contributed by atoms with van der Waals surface area (Å²) in [6.45, 7) is 14.1. The van der Waals surface area contributed by atoms with Crippen molar-refractivity contribution in [2.45, 2.75) is 38.5 Å². The molecule has 0 aliphatic carbocycles. The van der Waals surface area contributed by atoms with E-state index in [9.17, 15) is 0 Å². The molecule has 2 aliphatic rings. The Balaban J connectivity index is 1.58. The second-order valence-corrected chi connectivity index (χ2v) is 12.1. The Morgan fingerprint density at radius 2 is 1.45 bits per heavy atom. The summed E-state index contributed by atoms with van der Waals surface area (Å²) in [5.74, 6) is 0. The number of fused-ring (bicyclic) bond motifs is 2. The molecule has 0 spiro atoms. The standard InChI is InChI=1S/C35H46ClN2O4/c1-34(2)28-11-7-9-13-30(28)37(19-21-41-25-23-39-5)32(34)17-15-27(36)16-18-33-35(3,4)29-12-8-10-14-31(29)38(33)20-22-42-26-24-40-6/h7-18H,19-26H2,1-6H3/q+1. The fraction of sp³-hybridized carbons (Fsp3) is 0.457. The molecule has 0 N–H and O–H groups in total. The van der Waals surface area contributed by atoms with Crippen molar-refractivity contribution in [1.29, 1.82) is 0 Å². The Labute approximate surface area is 256 Å². The molecular formula is C35H46ClN2O4+. The topological polar surface area (TPSA) is 43.2 Å². The van der Waals surface area contributed by atoms with E-state index < -0.39 is 0 Å². The quantitative estimate of drug-likeness (QED) is 0.130. The van der Waals surface area contributed by atoms with Crippen molar-refractivity contribution in [1.82, 2.24) is 0 Å². The molecule has 2 aromatic rings. The van der Waals surface area contributed by atoms with Gasteiger partial charge >= 0.3 is 0 Å². The van der Waals surface area contributed by atoms with Crippen LogP contribution in [0, 0.1) is 0 Å². The third kappa shape index (κ3) is 7.07. The normalized spacial score (nSPS) is 18.4. The summed E-state index contributed by atoms with van der Waals surface area (Å²) in [6, 6.07) is 17.2. The lowest BCUT2D eigenvalue weighted by Crippen LogP contribution is -2.29. The van der Waals surface area contributed by atoms with Gasteiger partial charge in [0.05, 0.1) is 38.4 Å². The van der Waals surface area contributed by atoms with Crippen LogP contribution in [-0.2, 0) is 29.8 Å². The summed E-state index contributed by atoms with van der Waals surface area (Å²) < 4.78 is 24.2. The maximum atomic E-state index is 6.87. The first-order valence-electron chi connectivity index (χ1n) is 14.7. The molecule has 2 aliphatic heterocycles. The van der Waals surface area contributed by atoms with E-state index in [2.05, 4.69) is 97.9 Å². The van der Waals surface area contributed by atoms with Gasteiger partial charge < -0.3 is 23.8 Å². The van der Waals surface area contributed by atoms with Gasteiger partial charge in [-0.15, -0.1) is 0 Å². The number of anilines is 1. The second-order valence-electron chi connectivity index (χ2n) is 11.6. The monoisotopic (exact) mass is 593 g/mol. The molecule has 7 heteroatoms. The van der Waals surface area contributed by atoms with Crippen LogP contribution in [0.25, 0.3) is 0 Å². The average molecular weight is 594 g/mol. The van der Waals surface area contributed by atoms with Crippen LogP contribution in [0.5, 0.6) is 0 Å². The van der Waals surface area contributed by atoms with Gasteiger partial charge in [-0.25, -0.2) is 0 Å². The van der Waals surface area contributed by atoms with Crippen molar-refractivity contribution in [2.24, 2.45) is 0 Å². The molecule has 226 valence electrons. The summed E-state index contributed by atoms with van der Waals surface area (Å²) in [5, 5.41) is 0.668. The first-order chi connectivity index (χ1) is 20.2. The highest BCUT2D eigenvalue weighted by Crippen LogP contribution is 2.47. The van der Waals surface area contributed by atoms with Crippen LogP contribution in [0.4, 0.5) is 11.4 Å². The summed E-state index contributed by atoms with van der Waals surface area (Å²) >= 11 is 6.87. The zero-order valence-corrected chi connectivity index (χ0v) is 26.7. The van der Waals surface area contributed by atoms with Crippen LogP contribution >= 0.6 is 11.6 Å². The first kappa shape index (κ1) is 32.2. The van der Waals surface area contributed by atoms with E-state index in [-0.39, 0.29) is 10.8 Å². The minimum absolute atomic E-state index is 0.163. The van der Waals surface area contributed by atoms with Crippen LogP contribution in [0.1, 0.15) is 38.8 Å². The summed E-state index contributed by atoms with van der Waals surface area (Å²) in [5.41, 5.74) is 7.11. The lowest BCUT2D eigenvalue weighted by Gasteiger charge is -2.27. The Morgan fingerprint density at radius 1 is 0.810 bits per heavy atom. The van der Waals surface area contributed by atoms with Crippen molar-refractivity contribution in [3.05, 3.63) is 94.7 Å². The van der Waals surface area contributed by atoms with Crippen molar-refractivity contribution in [3.8, 4) is 0 Å². The number of para-hydroxylation sites is 2. The van der Waals surface area contributed by atoms with Crippen LogP contribution in [0.15, 0.2) is 83.6 Å². The minimum Gasteiger partial charge on any atom is -0.382 e.